The molecule has 0 aromatic heterocycles. The van der Waals surface area contributed by atoms with E-state index in [-0.39, 0.29) is 32.0 Å². The van der Waals surface area contributed by atoms with E-state index in [9.17, 15) is 9.59 Å². The summed E-state index contributed by atoms with van der Waals surface area (Å²) in [4.78, 5) is 23.3. The van der Waals surface area contributed by atoms with Gasteiger partial charge in [-0.2, -0.15) is 0 Å². The summed E-state index contributed by atoms with van der Waals surface area (Å²) in [5.41, 5.74) is 0. The summed E-state index contributed by atoms with van der Waals surface area (Å²) in [5.74, 6) is -2.35. The van der Waals surface area contributed by atoms with Gasteiger partial charge in [0.15, 0.2) is 0 Å². The summed E-state index contributed by atoms with van der Waals surface area (Å²) >= 11 is 0. The molecule has 0 fully saturated rings. The Labute approximate surface area is 102 Å². The lowest BCUT2D eigenvalue weighted by Gasteiger charge is -2.30. The van der Waals surface area contributed by atoms with Gasteiger partial charge >= 0.3 is 5.97 Å². The number of ether oxygens (including phenoxy) is 3. The summed E-state index contributed by atoms with van der Waals surface area (Å²) in [7, 11) is 0. The van der Waals surface area contributed by atoms with E-state index in [0.717, 1.165) is 0 Å². The van der Waals surface area contributed by atoms with Gasteiger partial charge in [-0.15, -0.1) is 0 Å². The molecule has 0 rings (SSSR count). The third-order valence-corrected chi connectivity index (χ3v) is 2.10. The topological polar surface area (TPSA) is 61.8 Å². The van der Waals surface area contributed by atoms with E-state index in [1.54, 1.807) is 27.7 Å². The highest BCUT2D eigenvalue weighted by Crippen LogP contribution is 2.19. The van der Waals surface area contributed by atoms with E-state index < -0.39 is 11.8 Å². The van der Waals surface area contributed by atoms with Crippen LogP contribution in [-0.2, 0) is 23.8 Å². The van der Waals surface area contributed by atoms with Crippen LogP contribution in [0.3, 0.4) is 0 Å². The normalized spacial score (nSPS) is 11.5. The van der Waals surface area contributed by atoms with Gasteiger partial charge in [-0.05, 0) is 20.8 Å². The van der Waals surface area contributed by atoms with E-state index in [1.165, 1.54) is 0 Å². The van der Waals surface area contributed by atoms with Crippen molar-refractivity contribution < 1.29 is 23.8 Å². The fourth-order valence-electron chi connectivity index (χ4n) is 1.35. The minimum Gasteiger partial charge on any atom is -0.322 e. The molecule has 17 heavy (non-hydrogen) atoms. The number of carbonyl (C=O) groups excluding carboxylic acids is 2. The lowest BCUT2D eigenvalue weighted by molar-refractivity contribution is -0.349. The van der Waals surface area contributed by atoms with E-state index in [2.05, 4.69) is 0 Å². The molecule has 0 heterocycles. The van der Waals surface area contributed by atoms with Gasteiger partial charge in [-0.25, -0.2) is 0 Å². The van der Waals surface area contributed by atoms with Gasteiger partial charge in [0.2, 0.25) is 5.78 Å². The van der Waals surface area contributed by atoms with Crippen LogP contribution in [0.15, 0.2) is 0 Å². The van der Waals surface area contributed by atoms with Gasteiger partial charge in [0.1, 0.15) is 5.78 Å². The van der Waals surface area contributed by atoms with Gasteiger partial charge in [0.25, 0.3) is 0 Å². The third-order valence-electron chi connectivity index (χ3n) is 2.10. The average molecular weight is 246 g/mol. The van der Waals surface area contributed by atoms with Crippen molar-refractivity contribution in [2.75, 3.05) is 19.8 Å². The van der Waals surface area contributed by atoms with Crippen molar-refractivity contribution in [1.29, 1.82) is 0 Å². The Kier molecular flexibility index (Phi) is 7.95. The molecule has 0 saturated heterocycles. The third kappa shape index (κ3) is 4.93. The van der Waals surface area contributed by atoms with Crippen LogP contribution in [0, 0.1) is 0 Å². The molecule has 0 atom stereocenters. The van der Waals surface area contributed by atoms with Crippen molar-refractivity contribution in [3.63, 3.8) is 0 Å². The molecule has 0 aliphatic rings. The molecule has 0 bridgehead atoms. The lowest BCUT2D eigenvalue weighted by Crippen LogP contribution is -2.48. The zero-order valence-corrected chi connectivity index (χ0v) is 11.1. The Morgan fingerprint density at radius 1 is 0.882 bits per heavy atom. The first kappa shape index (κ1) is 16.2. The smallest absolute Gasteiger partial charge is 0.322 e. The highest BCUT2D eigenvalue weighted by molar-refractivity contribution is 6.01. The average Bonchev–Trinajstić information content (AvgIpc) is 2.29. The van der Waals surface area contributed by atoms with Crippen LogP contribution >= 0.6 is 0 Å². The van der Waals surface area contributed by atoms with Gasteiger partial charge in [-0.3, -0.25) is 9.59 Å². The molecule has 0 radical (unpaired) electrons. The van der Waals surface area contributed by atoms with Gasteiger partial charge < -0.3 is 14.2 Å². The molecule has 0 aromatic rings. The van der Waals surface area contributed by atoms with Crippen LogP contribution < -0.4 is 0 Å². The monoisotopic (exact) mass is 246 g/mol. The van der Waals surface area contributed by atoms with Gasteiger partial charge in [0.05, 0.1) is 26.2 Å². The fraction of sp³-hybridized carbons (Fsp3) is 0.833. The zero-order valence-electron chi connectivity index (χ0n) is 11.1. The highest BCUT2D eigenvalue weighted by atomic mass is 16.9. The Balaban J connectivity index is 4.83. The van der Waals surface area contributed by atoms with E-state index >= 15 is 0 Å². The molecule has 0 aliphatic carbocycles. The van der Waals surface area contributed by atoms with Crippen LogP contribution in [-0.4, -0.2) is 37.4 Å². The van der Waals surface area contributed by atoms with E-state index in [1.807, 2.05) is 0 Å². The standard InChI is InChI=1S/C12H22O5/c1-5-10(13)9-11(14)12(15-6-2,16-7-3)17-8-4/h5-9H2,1-4H3. The molecule has 0 saturated carbocycles. The van der Waals surface area contributed by atoms with E-state index in [4.69, 9.17) is 14.2 Å². The molecular weight excluding hydrogens is 224 g/mol. The molecule has 100 valence electrons. The second-order valence-corrected chi connectivity index (χ2v) is 3.35. The second-order valence-electron chi connectivity index (χ2n) is 3.35. The number of rotatable bonds is 10. The first-order valence-electron chi connectivity index (χ1n) is 6.03. The maximum Gasteiger partial charge on any atom is 0.347 e. The van der Waals surface area contributed by atoms with Crippen molar-refractivity contribution in [3.8, 4) is 0 Å². The minimum absolute atomic E-state index is 0.154. The Hall–Kier alpha value is -0.780. The molecule has 0 N–H and O–H groups in total. The second kappa shape index (κ2) is 8.33. The molecule has 5 nitrogen and oxygen atoms in total. The van der Waals surface area contributed by atoms with Crippen molar-refractivity contribution >= 4 is 11.6 Å². The molecule has 0 spiro atoms. The summed E-state index contributed by atoms with van der Waals surface area (Å²) in [6.45, 7) is 7.73. The summed E-state index contributed by atoms with van der Waals surface area (Å²) in [6.07, 6.45) is 0.0860. The molecule has 0 amide bonds. The number of hydrogen-bond donors (Lipinski definition) is 0. The van der Waals surface area contributed by atoms with Crippen molar-refractivity contribution in [2.45, 2.75) is 46.5 Å². The largest absolute Gasteiger partial charge is 0.347 e. The Morgan fingerprint density at radius 3 is 1.59 bits per heavy atom. The van der Waals surface area contributed by atoms with E-state index in [0.29, 0.717) is 6.42 Å². The SMILES string of the molecule is CCOC(OCC)(OCC)C(=O)CC(=O)CC. The highest BCUT2D eigenvalue weighted by Gasteiger charge is 2.42. The van der Waals surface area contributed by atoms with Gasteiger partial charge in [0, 0.05) is 6.42 Å². The number of ketones is 2. The predicted octanol–water partition coefficient (Wildman–Crippen LogP) is 1.69. The van der Waals surface area contributed by atoms with Crippen LogP contribution in [0.5, 0.6) is 0 Å². The first-order valence-corrected chi connectivity index (χ1v) is 6.03. The van der Waals surface area contributed by atoms with Crippen LogP contribution in [0.4, 0.5) is 0 Å². The van der Waals surface area contributed by atoms with Crippen molar-refractivity contribution in [3.05, 3.63) is 0 Å². The maximum absolute atomic E-state index is 12.0. The molecule has 5 heteroatoms. The molecule has 0 unspecified atom stereocenters. The van der Waals surface area contributed by atoms with Crippen LogP contribution in [0.25, 0.3) is 0 Å². The van der Waals surface area contributed by atoms with Crippen LogP contribution in [0.2, 0.25) is 0 Å². The van der Waals surface area contributed by atoms with Crippen LogP contribution in [0.1, 0.15) is 40.5 Å². The number of hydrogen-bond acceptors (Lipinski definition) is 5. The molecule has 0 aromatic carbocycles. The Morgan fingerprint density at radius 2 is 1.29 bits per heavy atom. The van der Waals surface area contributed by atoms with Crippen molar-refractivity contribution in [2.24, 2.45) is 0 Å². The molecular formula is C12H22O5. The van der Waals surface area contributed by atoms with Crippen molar-refractivity contribution in [1.82, 2.24) is 0 Å². The summed E-state index contributed by atoms with van der Waals surface area (Å²) < 4.78 is 15.8. The minimum atomic E-state index is -1.72. The maximum atomic E-state index is 12.0. The summed E-state index contributed by atoms with van der Waals surface area (Å²) in [5, 5.41) is 0. The zero-order chi connectivity index (χ0) is 13.3. The fourth-order valence-corrected chi connectivity index (χ4v) is 1.35. The lowest BCUT2D eigenvalue weighted by atomic mass is 10.1. The quantitative estimate of drug-likeness (QED) is 0.433. The Bertz CT molecular complexity index is 232. The first-order chi connectivity index (χ1) is 8.06. The number of carbonyl (C=O) groups is 2. The molecule has 0 aliphatic heterocycles. The summed E-state index contributed by atoms with van der Waals surface area (Å²) in [6, 6.07) is 0. The van der Waals surface area contributed by atoms with Gasteiger partial charge in [-0.1, -0.05) is 6.92 Å². The predicted molar refractivity (Wildman–Crippen MR) is 62.5 cm³/mol. The number of Topliss-reactive ketones (excluding diaryl/α,β-unsaturated/α-hetero) is 2.